The predicted molar refractivity (Wildman–Crippen MR) is 82.8 cm³/mol. The van der Waals surface area contributed by atoms with Gasteiger partial charge in [0.1, 0.15) is 4.21 Å². The molecule has 5 nitrogen and oxygen atoms in total. The number of aliphatic hydroxyl groups is 1. The highest BCUT2D eigenvalue weighted by Crippen LogP contribution is 2.25. The van der Waals surface area contributed by atoms with E-state index < -0.39 is 10.0 Å². The van der Waals surface area contributed by atoms with Crippen LogP contribution in [0.4, 0.5) is 5.69 Å². The third kappa shape index (κ3) is 2.90. The molecule has 3 aromatic rings. The normalized spacial score (nSPS) is 11.7. The molecular formula is C14H12N2O3S2. The average molecular weight is 320 g/mol. The zero-order valence-electron chi connectivity index (χ0n) is 10.9. The van der Waals surface area contributed by atoms with E-state index in [0.29, 0.717) is 10.6 Å². The van der Waals surface area contributed by atoms with Crippen LogP contribution in [0.2, 0.25) is 0 Å². The van der Waals surface area contributed by atoms with Gasteiger partial charge in [0.25, 0.3) is 10.0 Å². The average Bonchev–Trinajstić information content (AvgIpc) is 2.96. The summed E-state index contributed by atoms with van der Waals surface area (Å²) >= 11 is 1.05. The Labute approximate surface area is 125 Å². The molecule has 108 valence electrons. The SMILES string of the molecule is O=S(=O)(Nc1ccc2ncccc2c1)c1ccc(CO)s1. The maximum absolute atomic E-state index is 12.3. The molecule has 7 heteroatoms. The number of thiophene rings is 1. The zero-order valence-corrected chi connectivity index (χ0v) is 12.5. The van der Waals surface area contributed by atoms with Crippen molar-refractivity contribution < 1.29 is 13.5 Å². The van der Waals surface area contributed by atoms with Crippen molar-refractivity contribution in [3.8, 4) is 0 Å². The largest absolute Gasteiger partial charge is 0.391 e. The first kappa shape index (κ1) is 14.0. The van der Waals surface area contributed by atoms with Gasteiger partial charge in [0.2, 0.25) is 0 Å². The lowest BCUT2D eigenvalue weighted by Crippen LogP contribution is -2.11. The second kappa shape index (κ2) is 5.44. The molecule has 0 aliphatic heterocycles. The van der Waals surface area contributed by atoms with Crippen LogP contribution >= 0.6 is 11.3 Å². The molecule has 3 rings (SSSR count). The smallest absolute Gasteiger partial charge is 0.271 e. The van der Waals surface area contributed by atoms with Crippen molar-refractivity contribution in [1.29, 1.82) is 0 Å². The van der Waals surface area contributed by atoms with Gasteiger partial charge in [0.05, 0.1) is 12.1 Å². The fourth-order valence-electron chi connectivity index (χ4n) is 1.93. The van der Waals surface area contributed by atoms with E-state index in [9.17, 15) is 8.42 Å². The highest BCUT2D eigenvalue weighted by molar-refractivity contribution is 7.94. The molecule has 2 aromatic heterocycles. The Hall–Kier alpha value is -1.96. The summed E-state index contributed by atoms with van der Waals surface area (Å²) in [6.07, 6.45) is 1.69. The molecule has 0 radical (unpaired) electrons. The van der Waals surface area contributed by atoms with E-state index in [1.165, 1.54) is 6.07 Å². The third-order valence-electron chi connectivity index (χ3n) is 2.91. The molecule has 2 N–H and O–H groups in total. The topological polar surface area (TPSA) is 79.3 Å². The van der Waals surface area contributed by atoms with E-state index in [1.54, 1.807) is 36.5 Å². The van der Waals surface area contributed by atoms with Crippen LogP contribution in [0.3, 0.4) is 0 Å². The number of benzene rings is 1. The van der Waals surface area contributed by atoms with E-state index in [1.807, 2.05) is 6.07 Å². The summed E-state index contributed by atoms with van der Waals surface area (Å²) in [4.78, 5) is 4.80. The molecule has 1 aromatic carbocycles. The number of nitrogens with zero attached hydrogens (tertiary/aromatic N) is 1. The van der Waals surface area contributed by atoms with Crippen molar-refractivity contribution in [2.24, 2.45) is 0 Å². The number of hydrogen-bond donors (Lipinski definition) is 2. The summed E-state index contributed by atoms with van der Waals surface area (Å²) in [5, 5.41) is 9.87. The van der Waals surface area contributed by atoms with Crippen LogP contribution in [0.1, 0.15) is 4.88 Å². The van der Waals surface area contributed by atoms with Gasteiger partial charge in [-0.1, -0.05) is 6.07 Å². The van der Waals surface area contributed by atoms with Crippen molar-refractivity contribution in [2.45, 2.75) is 10.8 Å². The van der Waals surface area contributed by atoms with Gasteiger partial charge in [-0.3, -0.25) is 9.71 Å². The number of rotatable bonds is 4. The second-order valence-corrected chi connectivity index (χ2v) is 7.47. The minimum absolute atomic E-state index is 0.165. The fourth-order valence-corrected chi connectivity index (χ4v) is 4.20. The summed E-state index contributed by atoms with van der Waals surface area (Å²) in [6.45, 7) is -0.165. The Morgan fingerprint density at radius 3 is 2.81 bits per heavy atom. The van der Waals surface area contributed by atoms with Crippen molar-refractivity contribution in [3.05, 3.63) is 53.5 Å². The standard InChI is InChI=1S/C14H12N2O3S2/c17-9-12-4-6-14(20-12)21(18,19)16-11-3-5-13-10(8-11)2-1-7-15-13/h1-8,16-17H,9H2. The van der Waals surface area contributed by atoms with Gasteiger partial charge in [0.15, 0.2) is 0 Å². The molecule has 0 saturated heterocycles. The van der Waals surface area contributed by atoms with Crippen LogP contribution in [0.25, 0.3) is 10.9 Å². The highest BCUT2D eigenvalue weighted by atomic mass is 32.2. The first-order valence-electron chi connectivity index (χ1n) is 6.16. The maximum atomic E-state index is 12.3. The Morgan fingerprint density at radius 1 is 1.19 bits per heavy atom. The molecule has 0 aliphatic rings. The van der Waals surface area contributed by atoms with Crippen LogP contribution in [-0.2, 0) is 16.6 Å². The molecule has 0 spiro atoms. The molecule has 0 aliphatic carbocycles. The number of hydrogen-bond acceptors (Lipinski definition) is 5. The Morgan fingerprint density at radius 2 is 2.05 bits per heavy atom. The number of fused-ring (bicyclic) bond motifs is 1. The summed E-state index contributed by atoms with van der Waals surface area (Å²) in [5.74, 6) is 0. The number of pyridine rings is 1. The summed E-state index contributed by atoms with van der Waals surface area (Å²) in [7, 11) is -3.63. The van der Waals surface area contributed by atoms with Gasteiger partial charge in [-0.05, 0) is 36.4 Å². The van der Waals surface area contributed by atoms with Crippen LogP contribution in [0, 0.1) is 0 Å². The summed E-state index contributed by atoms with van der Waals surface area (Å²) in [6, 6.07) is 11.9. The van der Waals surface area contributed by atoms with Crippen molar-refractivity contribution in [3.63, 3.8) is 0 Å². The van der Waals surface area contributed by atoms with Crippen LogP contribution in [0.5, 0.6) is 0 Å². The highest BCUT2D eigenvalue weighted by Gasteiger charge is 2.17. The Kier molecular flexibility index (Phi) is 3.62. The number of anilines is 1. The molecule has 2 heterocycles. The molecule has 0 amide bonds. The molecule has 0 fully saturated rings. The Balaban J connectivity index is 1.93. The molecule has 0 saturated carbocycles. The van der Waals surface area contributed by atoms with Gasteiger partial charge in [0, 0.05) is 22.1 Å². The van der Waals surface area contributed by atoms with Crippen molar-refractivity contribution >= 4 is 38.0 Å². The fraction of sp³-hybridized carbons (Fsp3) is 0.0714. The lowest BCUT2D eigenvalue weighted by atomic mass is 10.2. The van der Waals surface area contributed by atoms with E-state index >= 15 is 0 Å². The lowest BCUT2D eigenvalue weighted by molar-refractivity contribution is 0.285. The van der Waals surface area contributed by atoms with Crippen molar-refractivity contribution in [1.82, 2.24) is 4.98 Å². The van der Waals surface area contributed by atoms with E-state index in [4.69, 9.17) is 5.11 Å². The van der Waals surface area contributed by atoms with Gasteiger partial charge < -0.3 is 5.11 Å². The van der Waals surface area contributed by atoms with E-state index in [0.717, 1.165) is 22.2 Å². The van der Waals surface area contributed by atoms with Gasteiger partial charge in [-0.25, -0.2) is 8.42 Å². The first-order valence-corrected chi connectivity index (χ1v) is 8.46. The second-order valence-electron chi connectivity index (χ2n) is 4.40. The maximum Gasteiger partial charge on any atom is 0.271 e. The monoisotopic (exact) mass is 320 g/mol. The minimum atomic E-state index is -3.63. The molecule has 0 bridgehead atoms. The molecule has 0 atom stereocenters. The lowest BCUT2D eigenvalue weighted by Gasteiger charge is -2.07. The number of aromatic nitrogens is 1. The van der Waals surface area contributed by atoms with Gasteiger partial charge >= 0.3 is 0 Å². The Bertz CT molecular complexity index is 888. The number of aliphatic hydroxyl groups excluding tert-OH is 1. The predicted octanol–water partition coefficient (Wildman–Crippen LogP) is 2.59. The molecule has 0 unspecified atom stereocenters. The van der Waals surface area contributed by atoms with Crippen molar-refractivity contribution in [2.75, 3.05) is 4.72 Å². The molecule has 21 heavy (non-hydrogen) atoms. The quantitative estimate of drug-likeness (QED) is 0.774. The minimum Gasteiger partial charge on any atom is -0.391 e. The number of sulfonamides is 1. The molecular weight excluding hydrogens is 308 g/mol. The third-order valence-corrected chi connectivity index (χ3v) is 5.86. The van der Waals surface area contributed by atoms with Gasteiger partial charge in [-0.2, -0.15) is 0 Å². The van der Waals surface area contributed by atoms with E-state index in [-0.39, 0.29) is 10.8 Å². The van der Waals surface area contributed by atoms with Gasteiger partial charge in [-0.15, -0.1) is 11.3 Å². The summed E-state index contributed by atoms with van der Waals surface area (Å²) < 4.78 is 27.3. The van der Waals surface area contributed by atoms with Crippen LogP contribution in [-0.4, -0.2) is 18.5 Å². The van der Waals surface area contributed by atoms with Crippen LogP contribution in [0.15, 0.2) is 52.9 Å². The summed E-state index contributed by atoms with van der Waals surface area (Å²) in [5.41, 5.74) is 1.29. The number of nitrogens with one attached hydrogen (secondary N) is 1. The van der Waals surface area contributed by atoms with E-state index in [2.05, 4.69) is 9.71 Å². The van der Waals surface area contributed by atoms with Crippen LogP contribution < -0.4 is 4.72 Å². The first-order chi connectivity index (χ1) is 10.1. The zero-order chi connectivity index (χ0) is 14.9.